The molecule has 0 saturated carbocycles. The molecule has 3 heteroatoms. The Bertz CT molecular complexity index is 389. The Balaban J connectivity index is 3.25. The number of ether oxygens (including phenoxy) is 1. The fourth-order valence-corrected chi connectivity index (χ4v) is 1.88. The molecule has 0 aliphatic carbocycles. The van der Waals surface area contributed by atoms with E-state index in [0.717, 1.165) is 11.1 Å². The average molecular weight is 238 g/mol. The van der Waals surface area contributed by atoms with Crippen LogP contribution in [-0.4, -0.2) is 23.4 Å². The van der Waals surface area contributed by atoms with Gasteiger partial charge >= 0.3 is 0 Å². The summed E-state index contributed by atoms with van der Waals surface area (Å²) < 4.78 is 5.31. The second-order valence-corrected chi connectivity index (χ2v) is 5.48. The summed E-state index contributed by atoms with van der Waals surface area (Å²) in [6, 6.07) is 3.54. The van der Waals surface area contributed by atoms with Gasteiger partial charge in [-0.3, -0.25) is 0 Å². The Morgan fingerprint density at radius 2 is 1.88 bits per heavy atom. The van der Waals surface area contributed by atoms with Gasteiger partial charge in [0.15, 0.2) is 0 Å². The lowest BCUT2D eigenvalue weighted by atomic mass is 9.85. The molecule has 17 heavy (non-hydrogen) atoms. The van der Waals surface area contributed by atoms with E-state index in [-0.39, 0.29) is 11.2 Å². The van der Waals surface area contributed by atoms with Gasteiger partial charge in [0.25, 0.3) is 0 Å². The molecule has 0 amide bonds. The monoisotopic (exact) mass is 238 g/mol. The summed E-state index contributed by atoms with van der Waals surface area (Å²) in [4.78, 5) is 0. The van der Waals surface area contributed by atoms with E-state index in [2.05, 4.69) is 0 Å². The van der Waals surface area contributed by atoms with Crippen LogP contribution in [0.25, 0.3) is 0 Å². The quantitative estimate of drug-likeness (QED) is 0.851. The van der Waals surface area contributed by atoms with Crippen LogP contribution in [0.3, 0.4) is 0 Å². The van der Waals surface area contributed by atoms with E-state index >= 15 is 0 Å². The smallest absolute Gasteiger partial charge is 0.122 e. The molecule has 0 aliphatic rings. The molecule has 3 nitrogen and oxygen atoms in total. The van der Waals surface area contributed by atoms with Crippen molar-refractivity contribution in [2.24, 2.45) is 0 Å². The molecule has 1 atom stereocenters. The zero-order valence-corrected chi connectivity index (χ0v) is 11.2. The maximum absolute atomic E-state index is 10.0. The van der Waals surface area contributed by atoms with Crippen LogP contribution < -0.4 is 4.74 Å². The highest BCUT2D eigenvalue weighted by atomic mass is 16.5. The lowest BCUT2D eigenvalue weighted by Crippen LogP contribution is -2.13. The number of benzene rings is 1. The Labute approximate surface area is 103 Å². The van der Waals surface area contributed by atoms with Crippen LogP contribution >= 0.6 is 0 Å². The second kappa shape index (κ2) is 4.96. The highest BCUT2D eigenvalue weighted by Crippen LogP contribution is 2.36. The van der Waals surface area contributed by atoms with Crippen molar-refractivity contribution in [3.63, 3.8) is 0 Å². The van der Waals surface area contributed by atoms with E-state index < -0.39 is 6.10 Å². The molecule has 0 heterocycles. The van der Waals surface area contributed by atoms with Crippen LogP contribution in [0.2, 0.25) is 0 Å². The van der Waals surface area contributed by atoms with Crippen molar-refractivity contribution >= 4 is 0 Å². The van der Waals surface area contributed by atoms with E-state index in [1.54, 1.807) is 20.1 Å². The molecule has 0 aliphatic heterocycles. The number of rotatable bonds is 3. The van der Waals surface area contributed by atoms with E-state index in [9.17, 15) is 10.2 Å². The topological polar surface area (TPSA) is 49.7 Å². The Morgan fingerprint density at radius 3 is 2.29 bits per heavy atom. The maximum atomic E-state index is 10.0. The standard InChI is InChI=1S/C14H22O3/c1-9(15)6-10-7-12(16)11(14(2,3)4)8-13(10)17-5/h7-9,15-16H,6H2,1-5H3. The van der Waals surface area contributed by atoms with Crippen molar-refractivity contribution in [3.8, 4) is 11.5 Å². The third-order valence-electron chi connectivity index (χ3n) is 2.72. The third kappa shape index (κ3) is 3.37. The molecule has 0 radical (unpaired) electrons. The van der Waals surface area contributed by atoms with Gasteiger partial charge in [-0.2, -0.15) is 0 Å². The molecule has 0 aromatic heterocycles. The predicted octanol–water partition coefficient (Wildman–Crippen LogP) is 2.62. The average Bonchev–Trinajstić information content (AvgIpc) is 2.14. The molecular formula is C14H22O3. The first-order valence-electron chi connectivity index (χ1n) is 5.84. The molecule has 0 spiro atoms. The van der Waals surface area contributed by atoms with Crippen molar-refractivity contribution in [2.75, 3.05) is 7.11 Å². The van der Waals surface area contributed by atoms with E-state index in [1.807, 2.05) is 26.8 Å². The number of aliphatic hydroxyl groups excluding tert-OH is 1. The Kier molecular flexibility index (Phi) is 4.04. The zero-order chi connectivity index (χ0) is 13.2. The van der Waals surface area contributed by atoms with Crippen molar-refractivity contribution in [3.05, 3.63) is 23.3 Å². The summed E-state index contributed by atoms with van der Waals surface area (Å²) in [6.45, 7) is 7.83. The van der Waals surface area contributed by atoms with Crippen LogP contribution in [0.5, 0.6) is 11.5 Å². The van der Waals surface area contributed by atoms with Gasteiger partial charge in [-0.05, 0) is 24.5 Å². The SMILES string of the molecule is COc1cc(C(C)(C)C)c(O)cc1CC(C)O. The molecule has 0 saturated heterocycles. The van der Waals surface area contributed by atoms with E-state index in [4.69, 9.17) is 4.74 Å². The highest BCUT2D eigenvalue weighted by molar-refractivity contribution is 5.48. The first-order chi connectivity index (χ1) is 7.75. The van der Waals surface area contributed by atoms with Crippen LogP contribution in [-0.2, 0) is 11.8 Å². The second-order valence-electron chi connectivity index (χ2n) is 5.48. The van der Waals surface area contributed by atoms with Crippen molar-refractivity contribution in [1.82, 2.24) is 0 Å². The summed E-state index contributed by atoms with van der Waals surface area (Å²) in [5, 5.41) is 19.4. The number of aliphatic hydroxyl groups is 1. The number of phenolic OH excluding ortho intramolecular Hbond substituents is 1. The number of hydrogen-bond acceptors (Lipinski definition) is 3. The molecular weight excluding hydrogens is 216 g/mol. The molecule has 1 unspecified atom stereocenters. The number of aromatic hydroxyl groups is 1. The lowest BCUT2D eigenvalue weighted by Gasteiger charge is -2.22. The summed E-state index contributed by atoms with van der Waals surface area (Å²) in [7, 11) is 1.60. The summed E-state index contributed by atoms with van der Waals surface area (Å²) in [5.74, 6) is 0.975. The van der Waals surface area contributed by atoms with Crippen molar-refractivity contribution < 1.29 is 14.9 Å². The van der Waals surface area contributed by atoms with Gasteiger partial charge in [-0.15, -0.1) is 0 Å². The minimum atomic E-state index is -0.455. The molecule has 0 bridgehead atoms. The van der Waals surface area contributed by atoms with Gasteiger partial charge < -0.3 is 14.9 Å². The minimum absolute atomic E-state index is 0.138. The minimum Gasteiger partial charge on any atom is -0.508 e. The molecule has 1 aromatic rings. The van der Waals surface area contributed by atoms with Crippen molar-refractivity contribution in [2.45, 2.75) is 45.6 Å². The number of methoxy groups -OCH3 is 1. The first-order valence-corrected chi connectivity index (χ1v) is 5.84. The van der Waals surface area contributed by atoms with Crippen LogP contribution in [0.4, 0.5) is 0 Å². The van der Waals surface area contributed by atoms with E-state index in [1.165, 1.54) is 0 Å². The normalized spacial score (nSPS) is 13.5. The fourth-order valence-electron chi connectivity index (χ4n) is 1.88. The third-order valence-corrected chi connectivity index (χ3v) is 2.72. The molecule has 96 valence electrons. The molecule has 1 rings (SSSR count). The maximum Gasteiger partial charge on any atom is 0.122 e. The Morgan fingerprint density at radius 1 is 1.29 bits per heavy atom. The Hall–Kier alpha value is -1.22. The molecule has 1 aromatic carbocycles. The van der Waals surface area contributed by atoms with Gasteiger partial charge in [0, 0.05) is 17.5 Å². The van der Waals surface area contributed by atoms with Gasteiger partial charge in [0.2, 0.25) is 0 Å². The summed E-state index contributed by atoms with van der Waals surface area (Å²) >= 11 is 0. The molecule has 2 N–H and O–H groups in total. The fraction of sp³-hybridized carbons (Fsp3) is 0.571. The van der Waals surface area contributed by atoms with Gasteiger partial charge in [0.1, 0.15) is 11.5 Å². The molecule has 0 fully saturated rings. The largest absolute Gasteiger partial charge is 0.508 e. The number of hydrogen-bond donors (Lipinski definition) is 2. The van der Waals surface area contributed by atoms with Crippen LogP contribution in [0, 0.1) is 0 Å². The summed E-state index contributed by atoms with van der Waals surface area (Å²) in [5.41, 5.74) is 1.54. The first kappa shape index (κ1) is 13.8. The van der Waals surface area contributed by atoms with Crippen LogP contribution in [0.15, 0.2) is 12.1 Å². The number of phenols is 1. The van der Waals surface area contributed by atoms with Crippen LogP contribution in [0.1, 0.15) is 38.8 Å². The van der Waals surface area contributed by atoms with E-state index in [0.29, 0.717) is 12.2 Å². The predicted molar refractivity (Wildman–Crippen MR) is 68.7 cm³/mol. The zero-order valence-electron chi connectivity index (χ0n) is 11.2. The highest BCUT2D eigenvalue weighted by Gasteiger charge is 2.21. The van der Waals surface area contributed by atoms with Crippen molar-refractivity contribution in [1.29, 1.82) is 0 Å². The van der Waals surface area contributed by atoms with Gasteiger partial charge in [-0.25, -0.2) is 0 Å². The lowest BCUT2D eigenvalue weighted by molar-refractivity contribution is 0.194. The van der Waals surface area contributed by atoms with Gasteiger partial charge in [0.05, 0.1) is 13.2 Å². The van der Waals surface area contributed by atoms with Gasteiger partial charge in [-0.1, -0.05) is 20.8 Å². The summed E-state index contributed by atoms with van der Waals surface area (Å²) in [6.07, 6.45) is 0.0185.